The van der Waals surface area contributed by atoms with Crippen molar-refractivity contribution in [1.29, 1.82) is 0 Å². The van der Waals surface area contributed by atoms with Gasteiger partial charge in [-0.2, -0.15) is 0 Å². The Hall–Kier alpha value is -1.30. The van der Waals surface area contributed by atoms with Crippen LogP contribution in [0.4, 0.5) is 0 Å². The zero-order chi connectivity index (χ0) is 15.8. The smallest absolute Gasteiger partial charge is 0.307 e. The molecular weight excluding hydrogens is 338 g/mol. The van der Waals surface area contributed by atoms with E-state index in [1.165, 1.54) is 0 Å². The molecule has 5 nitrogen and oxygen atoms in total. The van der Waals surface area contributed by atoms with E-state index in [1.807, 2.05) is 20.8 Å². The third-order valence-electron chi connectivity index (χ3n) is 4.85. The molecule has 0 bridgehead atoms. The van der Waals surface area contributed by atoms with Gasteiger partial charge in [0.25, 0.3) is 5.91 Å². The minimum absolute atomic E-state index is 0.0491. The number of carbonyl (C=O) groups is 2. The summed E-state index contributed by atoms with van der Waals surface area (Å²) in [6.07, 6.45) is 1.23. The van der Waals surface area contributed by atoms with Gasteiger partial charge in [-0.3, -0.25) is 9.59 Å². The van der Waals surface area contributed by atoms with E-state index >= 15 is 0 Å². The Bertz CT molecular complexity index is 552. The first-order valence-electron chi connectivity index (χ1n) is 7.02. The highest BCUT2D eigenvalue weighted by molar-refractivity contribution is 9.10. The number of nitrogens with one attached hydrogen (secondary N) is 1. The highest BCUT2D eigenvalue weighted by atomic mass is 79.9. The second kappa shape index (κ2) is 5.83. The molecule has 1 saturated carbocycles. The molecule has 116 valence electrons. The van der Waals surface area contributed by atoms with Crippen molar-refractivity contribution in [3.8, 4) is 0 Å². The van der Waals surface area contributed by atoms with Crippen LogP contribution in [0.3, 0.4) is 0 Å². The third kappa shape index (κ3) is 3.15. The van der Waals surface area contributed by atoms with Crippen molar-refractivity contribution in [3.63, 3.8) is 0 Å². The van der Waals surface area contributed by atoms with Crippen LogP contribution < -0.4 is 5.32 Å². The molecule has 2 rings (SSSR count). The molecule has 1 aliphatic rings. The first kappa shape index (κ1) is 16.1. The van der Waals surface area contributed by atoms with Gasteiger partial charge < -0.3 is 14.8 Å². The second-order valence-corrected chi connectivity index (χ2v) is 7.04. The summed E-state index contributed by atoms with van der Waals surface area (Å²) >= 11 is 3.17. The lowest BCUT2D eigenvalue weighted by Crippen LogP contribution is -2.52. The van der Waals surface area contributed by atoms with Gasteiger partial charge in [0.05, 0.1) is 5.92 Å². The molecule has 0 spiro atoms. The highest BCUT2D eigenvalue weighted by Gasteiger charge is 2.46. The van der Waals surface area contributed by atoms with Crippen LogP contribution >= 0.6 is 15.9 Å². The van der Waals surface area contributed by atoms with E-state index in [0.29, 0.717) is 17.5 Å². The number of hydrogen-bond donors (Lipinski definition) is 2. The molecule has 3 atom stereocenters. The molecule has 3 unspecified atom stereocenters. The monoisotopic (exact) mass is 357 g/mol. The lowest BCUT2D eigenvalue weighted by molar-refractivity contribution is -0.150. The predicted molar refractivity (Wildman–Crippen MR) is 81.0 cm³/mol. The van der Waals surface area contributed by atoms with Gasteiger partial charge in [0.2, 0.25) is 0 Å². The van der Waals surface area contributed by atoms with Crippen LogP contribution in [0.25, 0.3) is 0 Å². The quantitative estimate of drug-likeness (QED) is 0.869. The van der Waals surface area contributed by atoms with Gasteiger partial charge in [-0.15, -0.1) is 0 Å². The largest absolute Gasteiger partial charge is 0.481 e. The van der Waals surface area contributed by atoms with E-state index in [9.17, 15) is 14.7 Å². The normalized spacial score (nSPS) is 28.1. The Balaban J connectivity index is 2.09. The van der Waals surface area contributed by atoms with Gasteiger partial charge in [0.15, 0.2) is 10.4 Å². The fourth-order valence-electron chi connectivity index (χ4n) is 3.12. The van der Waals surface area contributed by atoms with E-state index in [0.717, 1.165) is 0 Å². The molecule has 0 radical (unpaired) electrons. The fourth-order valence-corrected chi connectivity index (χ4v) is 3.43. The number of furan rings is 1. The lowest BCUT2D eigenvalue weighted by Gasteiger charge is -2.46. The van der Waals surface area contributed by atoms with Crippen LogP contribution in [-0.4, -0.2) is 23.0 Å². The summed E-state index contributed by atoms with van der Waals surface area (Å²) in [7, 11) is 0. The average Bonchev–Trinajstić information content (AvgIpc) is 2.81. The highest BCUT2D eigenvalue weighted by Crippen LogP contribution is 2.45. The minimum atomic E-state index is -0.758. The third-order valence-corrected chi connectivity index (χ3v) is 5.28. The summed E-state index contributed by atoms with van der Waals surface area (Å²) in [5.74, 6) is -1.07. The first-order chi connectivity index (χ1) is 9.73. The van der Waals surface area contributed by atoms with Gasteiger partial charge >= 0.3 is 5.97 Å². The maximum absolute atomic E-state index is 12.2. The van der Waals surface area contributed by atoms with Gasteiger partial charge in [-0.05, 0) is 52.2 Å². The molecule has 0 aromatic carbocycles. The summed E-state index contributed by atoms with van der Waals surface area (Å²) in [6.45, 7) is 5.91. The SMILES string of the molecule is CC1C(NC(=O)c2ccc(Br)o2)CCC(C(=O)O)C1(C)C. The lowest BCUT2D eigenvalue weighted by atomic mass is 9.61. The number of carbonyl (C=O) groups excluding carboxylic acids is 1. The number of carboxylic acids is 1. The first-order valence-corrected chi connectivity index (χ1v) is 7.81. The van der Waals surface area contributed by atoms with E-state index in [4.69, 9.17) is 4.42 Å². The molecule has 1 aromatic rings. The number of halogens is 1. The molecule has 2 N–H and O–H groups in total. The minimum Gasteiger partial charge on any atom is -0.481 e. The summed E-state index contributed by atoms with van der Waals surface area (Å²) in [4.78, 5) is 23.5. The van der Waals surface area contributed by atoms with Gasteiger partial charge in [0, 0.05) is 6.04 Å². The molecular formula is C15H20BrNO4. The molecule has 6 heteroatoms. The van der Waals surface area contributed by atoms with Crippen molar-refractivity contribution < 1.29 is 19.1 Å². The van der Waals surface area contributed by atoms with Crippen molar-refractivity contribution in [1.82, 2.24) is 5.32 Å². The zero-order valence-electron chi connectivity index (χ0n) is 12.4. The second-order valence-electron chi connectivity index (χ2n) is 6.26. The van der Waals surface area contributed by atoms with Crippen LogP contribution in [-0.2, 0) is 4.79 Å². The Morgan fingerprint density at radius 2 is 2.05 bits per heavy atom. The number of rotatable bonds is 3. The molecule has 0 saturated heterocycles. The molecule has 0 aliphatic heterocycles. The van der Waals surface area contributed by atoms with Crippen LogP contribution in [0.5, 0.6) is 0 Å². The topological polar surface area (TPSA) is 79.5 Å². The van der Waals surface area contributed by atoms with Crippen molar-refractivity contribution >= 4 is 27.8 Å². The number of hydrogen-bond acceptors (Lipinski definition) is 3. The maximum atomic E-state index is 12.2. The van der Waals surface area contributed by atoms with Crippen LogP contribution in [0.1, 0.15) is 44.2 Å². The molecule has 1 aromatic heterocycles. The van der Waals surface area contributed by atoms with Crippen molar-refractivity contribution in [2.45, 2.75) is 39.7 Å². The van der Waals surface area contributed by atoms with E-state index in [-0.39, 0.29) is 35.0 Å². The van der Waals surface area contributed by atoms with Gasteiger partial charge in [0.1, 0.15) is 0 Å². The van der Waals surface area contributed by atoms with Crippen LogP contribution in [0.15, 0.2) is 21.2 Å². The maximum Gasteiger partial charge on any atom is 0.307 e. The zero-order valence-corrected chi connectivity index (χ0v) is 13.9. The summed E-state index contributed by atoms with van der Waals surface area (Å²) in [6, 6.07) is 3.23. The van der Waals surface area contributed by atoms with Gasteiger partial charge in [-0.1, -0.05) is 20.8 Å². The number of carboxylic acid groups (broad SMARTS) is 1. The van der Waals surface area contributed by atoms with E-state index in [2.05, 4.69) is 21.2 Å². The molecule has 1 fully saturated rings. The average molecular weight is 358 g/mol. The molecule has 1 aliphatic carbocycles. The van der Waals surface area contributed by atoms with Crippen LogP contribution in [0, 0.1) is 17.3 Å². The summed E-state index contributed by atoms with van der Waals surface area (Å²) in [5, 5.41) is 12.3. The number of aliphatic carboxylic acids is 1. The van der Waals surface area contributed by atoms with Crippen molar-refractivity contribution in [2.75, 3.05) is 0 Å². The summed E-state index contributed by atoms with van der Waals surface area (Å²) in [5.41, 5.74) is -0.369. The molecule has 1 amide bonds. The van der Waals surface area contributed by atoms with Gasteiger partial charge in [-0.25, -0.2) is 0 Å². The number of amides is 1. The molecule has 1 heterocycles. The molecule has 21 heavy (non-hydrogen) atoms. The van der Waals surface area contributed by atoms with Crippen molar-refractivity contribution in [3.05, 3.63) is 22.6 Å². The Kier molecular flexibility index (Phi) is 4.46. The van der Waals surface area contributed by atoms with E-state index < -0.39 is 5.97 Å². The fraction of sp³-hybridized carbons (Fsp3) is 0.600. The van der Waals surface area contributed by atoms with Crippen molar-refractivity contribution in [2.24, 2.45) is 17.3 Å². The Labute approximate surface area is 132 Å². The predicted octanol–water partition coefficient (Wildman–Crippen LogP) is 3.30. The van der Waals surface area contributed by atoms with Crippen LogP contribution in [0.2, 0.25) is 0 Å². The van der Waals surface area contributed by atoms with E-state index in [1.54, 1.807) is 12.1 Å². The Morgan fingerprint density at radius 1 is 1.38 bits per heavy atom. The standard InChI is InChI=1S/C15H20BrNO4/c1-8-10(5-4-9(14(19)20)15(8,2)3)17-13(18)11-6-7-12(16)21-11/h6-10H,4-5H2,1-3H3,(H,17,18)(H,19,20). The summed E-state index contributed by atoms with van der Waals surface area (Å²) < 4.78 is 5.75. The Morgan fingerprint density at radius 3 is 2.57 bits per heavy atom.